The first kappa shape index (κ1) is 23.5. The standard InChI is InChI=1S/C21H21FN4O3S.C2H6/c1-30(29)20-9-4-14(11-19(20)27)12-23-21(28)25-10-2-3-17-18(25)13-24-26(17)16-7-5-15(22)6-8-16;1-2/h4-9,11,13,27H,2-3,10,12H2,1H3,(H,23,28);1-2H3. The summed E-state index contributed by atoms with van der Waals surface area (Å²) in [6, 6.07) is 10.6. The molecule has 2 heterocycles. The number of carbonyl (C=O) groups excluding carboxylic acids is 1. The summed E-state index contributed by atoms with van der Waals surface area (Å²) in [7, 11) is -1.28. The maximum Gasteiger partial charge on any atom is 0.322 e. The highest BCUT2D eigenvalue weighted by Crippen LogP contribution is 2.29. The molecule has 1 aromatic heterocycles. The molecule has 0 radical (unpaired) electrons. The number of urea groups is 1. The van der Waals surface area contributed by atoms with Gasteiger partial charge in [0.1, 0.15) is 11.6 Å². The van der Waals surface area contributed by atoms with Gasteiger partial charge in [0.05, 0.1) is 39.0 Å². The molecule has 0 saturated heterocycles. The van der Waals surface area contributed by atoms with E-state index in [0.717, 1.165) is 29.9 Å². The zero-order valence-corrected chi connectivity index (χ0v) is 19.2. The Hall–Kier alpha value is -3.20. The number of aromatic hydroxyl groups is 1. The number of phenols is 1. The molecule has 2 aromatic carbocycles. The highest BCUT2D eigenvalue weighted by molar-refractivity contribution is 7.84. The summed E-state index contributed by atoms with van der Waals surface area (Å²) in [5.41, 5.74) is 3.07. The number of phenolic OH excluding ortho intramolecular Hbond substituents is 1. The number of carbonyl (C=O) groups is 1. The fourth-order valence-electron chi connectivity index (χ4n) is 3.55. The van der Waals surface area contributed by atoms with Gasteiger partial charge in [0.15, 0.2) is 0 Å². The Balaban J connectivity index is 0.00000141. The maximum atomic E-state index is 13.2. The number of halogens is 1. The zero-order chi connectivity index (χ0) is 23.3. The van der Waals surface area contributed by atoms with Crippen LogP contribution in [0.3, 0.4) is 0 Å². The summed E-state index contributed by atoms with van der Waals surface area (Å²) in [6.07, 6.45) is 4.69. The normalized spacial score (nSPS) is 13.6. The summed E-state index contributed by atoms with van der Waals surface area (Å²) in [5.74, 6) is -0.367. The van der Waals surface area contributed by atoms with E-state index < -0.39 is 10.8 Å². The zero-order valence-electron chi connectivity index (χ0n) is 18.3. The number of rotatable bonds is 4. The fraction of sp³-hybridized carbons (Fsp3) is 0.304. The first-order valence-electron chi connectivity index (χ1n) is 10.5. The third-order valence-corrected chi connectivity index (χ3v) is 5.99. The third-order valence-electron chi connectivity index (χ3n) is 5.03. The largest absolute Gasteiger partial charge is 0.507 e. The van der Waals surface area contributed by atoms with Gasteiger partial charge in [0, 0.05) is 19.3 Å². The minimum Gasteiger partial charge on any atom is -0.507 e. The summed E-state index contributed by atoms with van der Waals surface area (Å²) < 4.78 is 26.5. The van der Waals surface area contributed by atoms with Gasteiger partial charge in [-0.3, -0.25) is 9.11 Å². The second kappa shape index (κ2) is 10.4. The lowest BCUT2D eigenvalue weighted by Crippen LogP contribution is -2.42. The molecule has 0 saturated carbocycles. The topological polar surface area (TPSA) is 87.5 Å². The lowest BCUT2D eigenvalue weighted by atomic mass is 10.1. The molecule has 170 valence electrons. The number of amides is 2. The summed E-state index contributed by atoms with van der Waals surface area (Å²) in [4.78, 5) is 14.8. The van der Waals surface area contributed by atoms with Crippen molar-refractivity contribution in [3.05, 3.63) is 65.7 Å². The number of hydrogen-bond acceptors (Lipinski definition) is 4. The van der Waals surface area contributed by atoms with E-state index in [0.29, 0.717) is 17.0 Å². The molecular formula is C23H27FN4O3S. The van der Waals surface area contributed by atoms with Crippen LogP contribution in [0, 0.1) is 5.82 Å². The molecule has 9 heteroatoms. The minimum absolute atomic E-state index is 0.0524. The monoisotopic (exact) mass is 458 g/mol. The van der Waals surface area contributed by atoms with Crippen molar-refractivity contribution in [2.24, 2.45) is 0 Å². The SMILES string of the molecule is CC.CS(=O)c1ccc(CNC(=O)N2CCCc3c2cnn3-c2ccc(F)cc2)cc1O. The van der Waals surface area contributed by atoms with Crippen LogP contribution < -0.4 is 10.2 Å². The van der Waals surface area contributed by atoms with Gasteiger partial charge in [-0.05, 0) is 54.8 Å². The van der Waals surface area contributed by atoms with Crippen molar-refractivity contribution >= 4 is 22.5 Å². The first-order chi connectivity index (χ1) is 15.4. The molecule has 1 atom stereocenters. The van der Waals surface area contributed by atoms with E-state index in [4.69, 9.17) is 0 Å². The van der Waals surface area contributed by atoms with Crippen molar-refractivity contribution < 1.29 is 18.5 Å². The van der Waals surface area contributed by atoms with Gasteiger partial charge in [-0.1, -0.05) is 19.9 Å². The van der Waals surface area contributed by atoms with E-state index in [1.54, 1.807) is 40.0 Å². The summed E-state index contributed by atoms with van der Waals surface area (Å²) in [5, 5.41) is 17.2. The number of benzene rings is 2. The number of fused-ring (bicyclic) bond motifs is 1. The molecular weight excluding hydrogens is 431 g/mol. The van der Waals surface area contributed by atoms with E-state index in [-0.39, 0.29) is 24.1 Å². The average molecular weight is 459 g/mol. The van der Waals surface area contributed by atoms with E-state index in [2.05, 4.69) is 10.4 Å². The van der Waals surface area contributed by atoms with Gasteiger partial charge in [-0.2, -0.15) is 5.10 Å². The molecule has 0 aliphatic carbocycles. The third kappa shape index (κ3) is 4.99. The highest BCUT2D eigenvalue weighted by Gasteiger charge is 2.26. The molecule has 0 fully saturated rings. The molecule has 7 nitrogen and oxygen atoms in total. The van der Waals surface area contributed by atoms with Crippen LogP contribution in [0.5, 0.6) is 5.75 Å². The van der Waals surface area contributed by atoms with Crippen LogP contribution in [0.25, 0.3) is 5.69 Å². The van der Waals surface area contributed by atoms with E-state index in [9.17, 15) is 18.5 Å². The molecule has 0 spiro atoms. The Kier molecular flexibility index (Phi) is 7.63. The average Bonchev–Trinajstić information content (AvgIpc) is 3.23. The van der Waals surface area contributed by atoms with Crippen LogP contribution in [0.4, 0.5) is 14.9 Å². The maximum absolute atomic E-state index is 13.2. The van der Waals surface area contributed by atoms with Gasteiger partial charge < -0.3 is 10.4 Å². The molecule has 0 bridgehead atoms. The Morgan fingerprint density at radius 1 is 1.22 bits per heavy atom. The number of nitrogens with zero attached hydrogens (tertiary/aromatic N) is 3. The second-order valence-electron chi connectivity index (χ2n) is 7.03. The number of nitrogens with one attached hydrogen (secondary N) is 1. The molecule has 32 heavy (non-hydrogen) atoms. The van der Waals surface area contributed by atoms with Crippen molar-refractivity contribution in [2.75, 3.05) is 17.7 Å². The van der Waals surface area contributed by atoms with Crippen LogP contribution >= 0.6 is 0 Å². The van der Waals surface area contributed by atoms with Gasteiger partial charge in [-0.15, -0.1) is 0 Å². The van der Waals surface area contributed by atoms with Gasteiger partial charge in [0.2, 0.25) is 0 Å². The van der Waals surface area contributed by atoms with Gasteiger partial charge >= 0.3 is 6.03 Å². The smallest absolute Gasteiger partial charge is 0.322 e. The van der Waals surface area contributed by atoms with Gasteiger partial charge in [-0.25, -0.2) is 13.9 Å². The predicted molar refractivity (Wildman–Crippen MR) is 123 cm³/mol. The molecule has 1 aliphatic rings. The van der Waals surface area contributed by atoms with Gasteiger partial charge in [0.25, 0.3) is 0 Å². The number of anilines is 1. The second-order valence-corrected chi connectivity index (χ2v) is 8.38. The van der Waals surface area contributed by atoms with Crippen molar-refractivity contribution in [3.8, 4) is 11.4 Å². The number of hydrogen-bond donors (Lipinski definition) is 2. The minimum atomic E-state index is -1.28. The fourth-order valence-corrected chi connectivity index (χ4v) is 4.17. The van der Waals surface area contributed by atoms with Crippen molar-refractivity contribution in [2.45, 2.75) is 38.1 Å². The van der Waals surface area contributed by atoms with Crippen molar-refractivity contribution in [1.29, 1.82) is 0 Å². The molecule has 2 amide bonds. The van der Waals surface area contributed by atoms with Crippen LogP contribution in [-0.2, 0) is 23.8 Å². The lowest BCUT2D eigenvalue weighted by Gasteiger charge is -2.27. The number of aromatic nitrogens is 2. The van der Waals surface area contributed by atoms with E-state index >= 15 is 0 Å². The Labute approximate surface area is 189 Å². The molecule has 3 aromatic rings. The highest BCUT2D eigenvalue weighted by atomic mass is 32.2. The van der Waals surface area contributed by atoms with Crippen LogP contribution in [0.1, 0.15) is 31.5 Å². The summed E-state index contributed by atoms with van der Waals surface area (Å²) in [6.45, 7) is 4.79. The van der Waals surface area contributed by atoms with E-state index in [1.807, 2.05) is 13.8 Å². The Morgan fingerprint density at radius 2 is 1.94 bits per heavy atom. The van der Waals surface area contributed by atoms with Crippen LogP contribution in [0.15, 0.2) is 53.6 Å². The Morgan fingerprint density at radius 3 is 2.59 bits per heavy atom. The molecule has 1 aliphatic heterocycles. The van der Waals surface area contributed by atoms with Crippen molar-refractivity contribution in [1.82, 2.24) is 15.1 Å². The molecule has 4 rings (SSSR count). The van der Waals surface area contributed by atoms with E-state index in [1.165, 1.54) is 24.5 Å². The van der Waals surface area contributed by atoms with Crippen LogP contribution in [0.2, 0.25) is 0 Å². The predicted octanol–water partition coefficient (Wildman–Crippen LogP) is 4.14. The van der Waals surface area contributed by atoms with Crippen LogP contribution in [-0.4, -0.2) is 37.9 Å². The molecule has 1 unspecified atom stereocenters. The first-order valence-corrected chi connectivity index (χ1v) is 12.0. The van der Waals surface area contributed by atoms with Crippen molar-refractivity contribution in [3.63, 3.8) is 0 Å². The Bertz CT molecular complexity index is 1110. The lowest BCUT2D eigenvalue weighted by molar-refractivity contribution is 0.245. The quantitative estimate of drug-likeness (QED) is 0.615. The molecule has 2 N–H and O–H groups in total. The summed E-state index contributed by atoms with van der Waals surface area (Å²) >= 11 is 0.